The monoisotopic (exact) mass is 439 g/mol. The predicted octanol–water partition coefficient (Wildman–Crippen LogP) is 4.58. The molecule has 1 aromatic carbocycles. The van der Waals surface area contributed by atoms with Crippen LogP contribution in [0.5, 0.6) is 0 Å². The summed E-state index contributed by atoms with van der Waals surface area (Å²) in [7, 11) is 0.628. The van der Waals surface area contributed by atoms with Gasteiger partial charge in [0, 0.05) is 0 Å². The zero-order chi connectivity index (χ0) is 10.1. The Morgan fingerprint density at radius 2 is 1.15 bits per heavy atom. The molecule has 13 heavy (non-hydrogen) atoms. The standard InChI is InChI=1S/C10H14.2HI.V/c1-3-9-5-7-10(4-2)8-6-9;;;/h5-8H,3-4H2,1-2H3;2*1H;/q;;;+2/p-2. The van der Waals surface area contributed by atoms with E-state index < -0.39 is 0 Å². The van der Waals surface area contributed by atoms with Gasteiger partial charge in [0.15, 0.2) is 0 Å². The summed E-state index contributed by atoms with van der Waals surface area (Å²) >= 11 is 4.74. The molecule has 0 saturated carbocycles. The summed E-state index contributed by atoms with van der Waals surface area (Å²) in [6.45, 7) is 4.36. The van der Waals surface area contributed by atoms with Crippen molar-refractivity contribution in [3.05, 3.63) is 35.4 Å². The molecule has 0 radical (unpaired) electrons. The first-order valence-electron chi connectivity index (χ1n) is 4.28. The van der Waals surface area contributed by atoms with Crippen molar-refractivity contribution in [3.8, 4) is 0 Å². The molecule has 0 amide bonds. The molecule has 1 rings (SSSR count). The van der Waals surface area contributed by atoms with Crippen LogP contribution in [0.15, 0.2) is 24.3 Å². The first-order valence-corrected chi connectivity index (χ1v) is 13.3. The fourth-order valence-corrected chi connectivity index (χ4v) is 1.01. The molecule has 0 bridgehead atoms. The van der Waals surface area contributed by atoms with Crippen molar-refractivity contribution in [2.45, 2.75) is 26.7 Å². The third kappa shape index (κ3) is 7.22. The molecular weight excluding hydrogens is 425 g/mol. The van der Waals surface area contributed by atoms with Gasteiger partial charge in [-0.2, -0.15) is 0 Å². The van der Waals surface area contributed by atoms with Crippen LogP contribution in [-0.2, 0) is 22.3 Å². The molecule has 0 nitrogen and oxygen atoms in total. The van der Waals surface area contributed by atoms with Gasteiger partial charge in [0.05, 0.1) is 0 Å². The third-order valence-electron chi connectivity index (χ3n) is 1.84. The number of halogens is 2. The average Bonchev–Trinajstić information content (AvgIpc) is 2.19. The van der Waals surface area contributed by atoms with E-state index >= 15 is 0 Å². The van der Waals surface area contributed by atoms with E-state index in [1.165, 1.54) is 11.1 Å². The zero-order valence-electron chi connectivity index (χ0n) is 7.93. The van der Waals surface area contributed by atoms with Crippen LogP contribution in [0.4, 0.5) is 0 Å². The maximum absolute atomic E-state index is 2.37. The summed E-state index contributed by atoms with van der Waals surface area (Å²) in [5.41, 5.74) is 2.86. The molecule has 0 aromatic heterocycles. The summed E-state index contributed by atoms with van der Waals surface area (Å²) in [4.78, 5) is 0. The molecule has 3 heteroatoms. The van der Waals surface area contributed by atoms with E-state index in [1.807, 2.05) is 0 Å². The summed E-state index contributed by atoms with van der Waals surface area (Å²) < 4.78 is 0. The Hall–Kier alpha value is 1.26. The molecule has 0 fully saturated rings. The van der Waals surface area contributed by atoms with Crippen molar-refractivity contribution in [3.63, 3.8) is 0 Å². The van der Waals surface area contributed by atoms with Crippen molar-refractivity contribution in [1.82, 2.24) is 0 Å². The van der Waals surface area contributed by atoms with Gasteiger partial charge in [-0.25, -0.2) is 0 Å². The Balaban J connectivity index is 0.000000424. The Morgan fingerprint density at radius 3 is 1.31 bits per heavy atom. The summed E-state index contributed by atoms with van der Waals surface area (Å²) in [6.07, 6.45) is 2.29. The topological polar surface area (TPSA) is 0 Å². The fraction of sp³-hybridized carbons (Fsp3) is 0.400. The maximum atomic E-state index is 2.37. The van der Waals surface area contributed by atoms with E-state index in [4.69, 9.17) is 0 Å². The molecule has 73 valence electrons. The molecule has 0 aliphatic heterocycles. The molecule has 0 unspecified atom stereocenters. The van der Waals surface area contributed by atoms with Gasteiger partial charge in [-0.05, 0) is 24.0 Å². The first-order chi connectivity index (χ1) is 6.28. The minimum absolute atomic E-state index is 0.628. The molecular formula is C10H14I2V. The van der Waals surface area contributed by atoms with Crippen molar-refractivity contribution in [1.29, 1.82) is 0 Å². The number of rotatable bonds is 2. The van der Waals surface area contributed by atoms with Crippen LogP contribution >= 0.6 is 40.0 Å². The number of benzene rings is 1. The zero-order valence-corrected chi connectivity index (χ0v) is 13.6. The van der Waals surface area contributed by atoms with Gasteiger partial charge in [-0.1, -0.05) is 38.1 Å². The fourth-order valence-electron chi connectivity index (χ4n) is 1.01. The van der Waals surface area contributed by atoms with Gasteiger partial charge in [-0.15, -0.1) is 0 Å². The Kier molecular flexibility index (Phi) is 10.8. The van der Waals surface area contributed by atoms with E-state index in [-0.39, 0.29) is 0 Å². The summed E-state index contributed by atoms with van der Waals surface area (Å²) in [6, 6.07) is 8.83. The molecule has 0 atom stereocenters. The van der Waals surface area contributed by atoms with Crippen LogP contribution in [0.2, 0.25) is 0 Å². The van der Waals surface area contributed by atoms with Gasteiger partial charge < -0.3 is 0 Å². The quantitative estimate of drug-likeness (QED) is 0.593. The minimum atomic E-state index is 0.628. The van der Waals surface area contributed by atoms with Gasteiger partial charge in [0.2, 0.25) is 0 Å². The van der Waals surface area contributed by atoms with Gasteiger partial charge in [0.1, 0.15) is 0 Å². The second-order valence-electron chi connectivity index (χ2n) is 2.59. The average molecular weight is 439 g/mol. The normalized spacial score (nSPS) is 8.62. The van der Waals surface area contributed by atoms with E-state index in [0.717, 1.165) is 12.8 Å². The molecule has 0 spiro atoms. The van der Waals surface area contributed by atoms with E-state index in [9.17, 15) is 0 Å². The molecule has 0 aliphatic carbocycles. The van der Waals surface area contributed by atoms with Gasteiger partial charge in [-0.3, -0.25) is 0 Å². The Morgan fingerprint density at radius 1 is 0.923 bits per heavy atom. The number of hydrogen-bond acceptors (Lipinski definition) is 0. The molecule has 0 heterocycles. The van der Waals surface area contributed by atoms with Crippen molar-refractivity contribution < 1.29 is 9.47 Å². The van der Waals surface area contributed by atoms with Crippen LogP contribution in [-0.4, -0.2) is 0 Å². The van der Waals surface area contributed by atoms with Crippen molar-refractivity contribution in [2.24, 2.45) is 0 Å². The Labute approximate surface area is 110 Å². The SMILES string of the molecule is CCc1ccc(CC)cc1.[I][V][I]. The van der Waals surface area contributed by atoms with Crippen LogP contribution in [0.3, 0.4) is 0 Å². The van der Waals surface area contributed by atoms with Crippen LogP contribution in [0.25, 0.3) is 0 Å². The van der Waals surface area contributed by atoms with Crippen LogP contribution < -0.4 is 0 Å². The number of aryl methyl sites for hydroxylation is 2. The van der Waals surface area contributed by atoms with Crippen molar-refractivity contribution >= 4 is 40.0 Å². The van der Waals surface area contributed by atoms with E-state index in [2.05, 4.69) is 78.1 Å². The molecule has 0 N–H and O–H groups in total. The first kappa shape index (κ1) is 14.3. The van der Waals surface area contributed by atoms with Gasteiger partial charge >= 0.3 is 49.4 Å². The Bertz CT molecular complexity index is 186. The molecule has 0 saturated heterocycles. The molecule has 0 aliphatic rings. The van der Waals surface area contributed by atoms with Crippen LogP contribution in [0.1, 0.15) is 25.0 Å². The predicted molar refractivity (Wildman–Crippen MR) is 73.2 cm³/mol. The van der Waals surface area contributed by atoms with Gasteiger partial charge in [0.25, 0.3) is 0 Å². The molecule has 1 aromatic rings. The van der Waals surface area contributed by atoms with Crippen molar-refractivity contribution in [2.75, 3.05) is 0 Å². The van der Waals surface area contributed by atoms with E-state index in [1.54, 1.807) is 0 Å². The summed E-state index contributed by atoms with van der Waals surface area (Å²) in [5.74, 6) is 0. The van der Waals surface area contributed by atoms with Crippen LogP contribution in [0, 0.1) is 0 Å². The second-order valence-corrected chi connectivity index (χ2v) is 14.4. The summed E-state index contributed by atoms with van der Waals surface area (Å²) in [5, 5.41) is 0. The number of hydrogen-bond donors (Lipinski definition) is 0. The third-order valence-corrected chi connectivity index (χ3v) is 1.84. The second kappa shape index (κ2) is 9.81. The van der Waals surface area contributed by atoms with E-state index in [0.29, 0.717) is 9.47 Å².